The standard InChI is InChI=1S/C20H30FN3O3S/c21-16-10-12-19(13-11-16)28(26,27)24-14-6-9-18(24)15-22-20(25)23-17-7-4-2-1-3-5-8-17/h10-13,17-18H,1-9,14-15H2,(H2,22,23,25). The van der Waals surface area contributed by atoms with E-state index in [0.29, 0.717) is 13.0 Å². The van der Waals surface area contributed by atoms with Crippen LogP contribution >= 0.6 is 0 Å². The van der Waals surface area contributed by atoms with Crippen molar-refractivity contribution in [3.63, 3.8) is 0 Å². The molecule has 3 rings (SSSR count). The Kier molecular flexibility index (Phi) is 7.29. The lowest BCUT2D eigenvalue weighted by Gasteiger charge is -2.25. The molecule has 0 radical (unpaired) electrons. The van der Waals surface area contributed by atoms with Crippen molar-refractivity contribution in [1.82, 2.24) is 14.9 Å². The van der Waals surface area contributed by atoms with Gasteiger partial charge in [-0.05, 0) is 49.9 Å². The van der Waals surface area contributed by atoms with E-state index < -0.39 is 15.8 Å². The Bertz CT molecular complexity index is 746. The number of halogens is 1. The Morgan fingerprint density at radius 2 is 1.64 bits per heavy atom. The zero-order valence-corrected chi connectivity index (χ0v) is 17.0. The lowest BCUT2D eigenvalue weighted by molar-refractivity contribution is 0.231. The molecule has 1 heterocycles. The average Bonchev–Trinajstić information content (AvgIpc) is 3.12. The van der Waals surface area contributed by atoms with E-state index in [0.717, 1.165) is 44.2 Å². The van der Waals surface area contributed by atoms with Crippen molar-refractivity contribution < 1.29 is 17.6 Å². The first kappa shape index (κ1) is 21.0. The Morgan fingerprint density at radius 3 is 2.32 bits per heavy atom. The summed E-state index contributed by atoms with van der Waals surface area (Å²) in [6, 6.07) is 4.57. The van der Waals surface area contributed by atoms with Gasteiger partial charge in [0.05, 0.1) is 4.90 Å². The maximum Gasteiger partial charge on any atom is 0.315 e. The van der Waals surface area contributed by atoms with Crippen molar-refractivity contribution in [3.8, 4) is 0 Å². The van der Waals surface area contributed by atoms with Gasteiger partial charge >= 0.3 is 6.03 Å². The third kappa shape index (κ3) is 5.44. The number of rotatable bonds is 5. The van der Waals surface area contributed by atoms with Gasteiger partial charge in [0.15, 0.2) is 0 Å². The summed E-state index contributed by atoms with van der Waals surface area (Å²) in [7, 11) is -3.69. The van der Waals surface area contributed by atoms with E-state index in [1.165, 1.54) is 35.7 Å². The zero-order valence-electron chi connectivity index (χ0n) is 16.2. The monoisotopic (exact) mass is 411 g/mol. The molecule has 1 saturated heterocycles. The maximum absolute atomic E-state index is 13.1. The second-order valence-electron chi connectivity index (χ2n) is 7.76. The number of benzene rings is 1. The molecule has 2 amide bonds. The van der Waals surface area contributed by atoms with E-state index in [-0.39, 0.29) is 29.6 Å². The number of nitrogens with one attached hydrogen (secondary N) is 2. The molecule has 156 valence electrons. The van der Waals surface area contributed by atoms with E-state index in [4.69, 9.17) is 0 Å². The molecule has 0 aromatic heterocycles. The fourth-order valence-corrected chi connectivity index (χ4v) is 5.81. The van der Waals surface area contributed by atoms with E-state index >= 15 is 0 Å². The molecule has 1 aromatic rings. The van der Waals surface area contributed by atoms with Crippen LogP contribution in [0.4, 0.5) is 9.18 Å². The van der Waals surface area contributed by atoms with Crippen LogP contribution in [0.15, 0.2) is 29.2 Å². The number of carbonyl (C=O) groups is 1. The molecular formula is C20H30FN3O3S. The van der Waals surface area contributed by atoms with E-state index in [9.17, 15) is 17.6 Å². The maximum atomic E-state index is 13.1. The quantitative estimate of drug-likeness (QED) is 0.780. The topological polar surface area (TPSA) is 78.5 Å². The van der Waals surface area contributed by atoms with Crippen molar-refractivity contribution in [2.24, 2.45) is 0 Å². The lowest BCUT2D eigenvalue weighted by atomic mass is 9.97. The van der Waals surface area contributed by atoms with E-state index in [2.05, 4.69) is 10.6 Å². The van der Waals surface area contributed by atoms with Gasteiger partial charge in [-0.3, -0.25) is 0 Å². The van der Waals surface area contributed by atoms with Crippen molar-refractivity contribution in [1.29, 1.82) is 0 Å². The second-order valence-corrected chi connectivity index (χ2v) is 9.65. The van der Waals surface area contributed by atoms with Gasteiger partial charge in [0.2, 0.25) is 10.0 Å². The highest BCUT2D eigenvalue weighted by Crippen LogP contribution is 2.26. The van der Waals surface area contributed by atoms with Gasteiger partial charge in [-0.15, -0.1) is 0 Å². The summed E-state index contributed by atoms with van der Waals surface area (Å²) < 4.78 is 40.3. The number of hydrogen-bond donors (Lipinski definition) is 2. The highest BCUT2D eigenvalue weighted by atomic mass is 32.2. The Balaban J connectivity index is 1.54. The third-order valence-corrected chi connectivity index (χ3v) is 7.65. The first-order valence-corrected chi connectivity index (χ1v) is 11.7. The van der Waals surface area contributed by atoms with Crippen molar-refractivity contribution in [3.05, 3.63) is 30.1 Å². The highest BCUT2D eigenvalue weighted by Gasteiger charge is 2.35. The second kappa shape index (κ2) is 9.69. The van der Waals surface area contributed by atoms with Crippen molar-refractivity contribution in [2.45, 2.75) is 74.8 Å². The minimum absolute atomic E-state index is 0.0831. The van der Waals surface area contributed by atoms with Gasteiger partial charge in [0.1, 0.15) is 5.82 Å². The van der Waals surface area contributed by atoms with E-state index in [1.807, 2.05) is 0 Å². The van der Waals surface area contributed by atoms with Gasteiger partial charge < -0.3 is 10.6 Å². The summed E-state index contributed by atoms with van der Waals surface area (Å²) in [4.78, 5) is 12.4. The molecule has 1 aliphatic heterocycles. The molecular weight excluding hydrogens is 381 g/mol. The minimum atomic E-state index is -3.69. The number of hydrogen-bond acceptors (Lipinski definition) is 3. The Labute approximate surface area is 166 Å². The zero-order chi connectivity index (χ0) is 20.0. The van der Waals surface area contributed by atoms with Gasteiger partial charge in [0, 0.05) is 25.2 Å². The smallest absolute Gasteiger partial charge is 0.315 e. The molecule has 0 spiro atoms. The van der Waals surface area contributed by atoms with E-state index in [1.54, 1.807) is 0 Å². The number of carbonyl (C=O) groups excluding carboxylic acids is 1. The van der Waals surface area contributed by atoms with Crippen LogP contribution in [0.5, 0.6) is 0 Å². The first-order valence-electron chi connectivity index (χ1n) is 10.3. The molecule has 1 aromatic carbocycles. The number of amides is 2. The van der Waals surface area contributed by atoms with Crippen LogP contribution in [0.3, 0.4) is 0 Å². The van der Waals surface area contributed by atoms with Crippen LogP contribution in [-0.4, -0.2) is 43.9 Å². The summed E-state index contributed by atoms with van der Waals surface area (Å²) in [5.41, 5.74) is 0. The van der Waals surface area contributed by atoms with Gasteiger partial charge in [-0.2, -0.15) is 4.31 Å². The third-order valence-electron chi connectivity index (χ3n) is 5.68. The predicted molar refractivity (Wildman–Crippen MR) is 106 cm³/mol. The Morgan fingerprint density at radius 1 is 1.00 bits per heavy atom. The average molecular weight is 412 g/mol. The summed E-state index contributed by atoms with van der Waals surface area (Å²) in [6.45, 7) is 0.690. The molecule has 6 nitrogen and oxygen atoms in total. The predicted octanol–water partition coefficient (Wildman–Crippen LogP) is 3.39. The summed E-state index contributed by atoms with van der Waals surface area (Å²) in [6.07, 6.45) is 9.44. The molecule has 2 aliphatic rings. The molecule has 1 saturated carbocycles. The molecule has 2 fully saturated rings. The largest absolute Gasteiger partial charge is 0.337 e. The number of nitrogens with zero attached hydrogens (tertiary/aromatic N) is 1. The molecule has 8 heteroatoms. The highest BCUT2D eigenvalue weighted by molar-refractivity contribution is 7.89. The molecule has 1 atom stereocenters. The summed E-state index contributed by atoms with van der Waals surface area (Å²) >= 11 is 0. The van der Waals surface area contributed by atoms with Crippen molar-refractivity contribution in [2.75, 3.05) is 13.1 Å². The number of urea groups is 1. The summed E-state index contributed by atoms with van der Waals surface area (Å²) in [5.74, 6) is -0.468. The SMILES string of the molecule is O=C(NCC1CCCN1S(=O)(=O)c1ccc(F)cc1)NC1CCCCCCC1. The molecule has 1 aliphatic carbocycles. The lowest BCUT2D eigenvalue weighted by Crippen LogP contribution is -2.48. The van der Waals surface area contributed by atoms with Crippen LogP contribution < -0.4 is 10.6 Å². The van der Waals surface area contributed by atoms with Crippen LogP contribution in [0, 0.1) is 5.82 Å². The van der Waals surface area contributed by atoms with Crippen LogP contribution in [0.1, 0.15) is 57.8 Å². The summed E-state index contributed by atoms with van der Waals surface area (Å²) in [5, 5.41) is 5.90. The fourth-order valence-electron chi connectivity index (χ4n) is 4.12. The minimum Gasteiger partial charge on any atom is -0.337 e. The van der Waals surface area contributed by atoms with Gasteiger partial charge in [0.25, 0.3) is 0 Å². The first-order chi connectivity index (χ1) is 13.5. The molecule has 0 bridgehead atoms. The molecule has 28 heavy (non-hydrogen) atoms. The van der Waals surface area contributed by atoms with Crippen LogP contribution in [0.2, 0.25) is 0 Å². The van der Waals surface area contributed by atoms with Crippen LogP contribution in [-0.2, 0) is 10.0 Å². The molecule has 1 unspecified atom stereocenters. The normalized spacial score (nSPS) is 22.4. The molecule has 2 N–H and O–H groups in total. The van der Waals surface area contributed by atoms with Gasteiger partial charge in [-0.25, -0.2) is 17.6 Å². The Hall–Kier alpha value is -1.67. The van der Waals surface area contributed by atoms with Crippen molar-refractivity contribution >= 4 is 16.1 Å². The number of sulfonamides is 1. The fraction of sp³-hybridized carbons (Fsp3) is 0.650. The van der Waals surface area contributed by atoms with Gasteiger partial charge in [-0.1, -0.05) is 32.1 Å². The van der Waals surface area contributed by atoms with Crippen LogP contribution in [0.25, 0.3) is 0 Å².